The number of hydrogen-bond donors (Lipinski definition) is 1. The molecule has 0 aliphatic carbocycles. The topological polar surface area (TPSA) is 91.7 Å². The maximum absolute atomic E-state index is 15.0. The third-order valence-corrected chi connectivity index (χ3v) is 7.13. The number of halogens is 10. The fourth-order valence-corrected chi connectivity index (χ4v) is 4.91. The maximum Gasteiger partial charge on any atom is 0.434 e. The first-order valence-corrected chi connectivity index (χ1v) is 13.5. The molecule has 0 spiro atoms. The fourth-order valence-electron chi connectivity index (χ4n) is 4.16. The van der Waals surface area contributed by atoms with Crippen LogP contribution in [0, 0.1) is 11.3 Å². The molecule has 0 aliphatic heterocycles. The van der Waals surface area contributed by atoms with E-state index in [0.29, 0.717) is 5.56 Å². The number of hydrogen-bond acceptors (Lipinski definition) is 5. The van der Waals surface area contributed by atoms with Crippen molar-refractivity contribution in [2.24, 2.45) is 0 Å². The lowest BCUT2D eigenvalue weighted by Gasteiger charge is -2.32. The average Bonchev–Trinajstić information content (AvgIpc) is 2.96. The predicted octanol–water partition coefficient (Wildman–Crippen LogP) is 8.41. The monoisotopic (exact) mass is 727 g/mol. The first kappa shape index (κ1) is 35.4. The van der Waals surface area contributed by atoms with Gasteiger partial charge in [0, 0.05) is 22.1 Å². The number of nitrogens with zero attached hydrogens (tertiary/aromatic N) is 2. The molecule has 2 amide bonds. The van der Waals surface area contributed by atoms with E-state index in [1.807, 2.05) is 6.07 Å². The Morgan fingerprint density at radius 2 is 1.69 bits per heavy atom. The summed E-state index contributed by atoms with van der Waals surface area (Å²) in [6, 6.07) is 11.6. The number of amides is 2. The van der Waals surface area contributed by atoms with Crippen molar-refractivity contribution in [3.05, 3.63) is 81.3 Å². The summed E-state index contributed by atoms with van der Waals surface area (Å²) in [4.78, 5) is 27.9. The van der Waals surface area contributed by atoms with E-state index >= 15 is 0 Å². The molecular weight excluding hydrogens is 710 g/mol. The molecule has 0 radical (unpaired) electrons. The van der Waals surface area contributed by atoms with Gasteiger partial charge in [0.25, 0.3) is 11.8 Å². The van der Waals surface area contributed by atoms with Gasteiger partial charge in [0.15, 0.2) is 11.5 Å². The summed E-state index contributed by atoms with van der Waals surface area (Å²) in [7, 11) is 1.15. The van der Waals surface area contributed by atoms with Gasteiger partial charge in [0.1, 0.15) is 0 Å². The largest absolute Gasteiger partial charge is 0.494 e. The average molecular weight is 729 g/mol. The first-order valence-electron chi connectivity index (χ1n) is 12.3. The zero-order chi connectivity index (χ0) is 33.9. The summed E-state index contributed by atoms with van der Waals surface area (Å²) in [5, 5.41) is 5.52. The van der Waals surface area contributed by atoms with Crippen LogP contribution in [0.2, 0.25) is 0 Å². The highest BCUT2D eigenvalue weighted by atomic mass is 79.9. The number of nitrogens with one attached hydrogen (secondary N) is 1. The smallest absolute Gasteiger partial charge is 0.434 e. The van der Waals surface area contributed by atoms with E-state index in [9.17, 15) is 44.7 Å². The Hall–Kier alpha value is -4.10. The van der Waals surface area contributed by atoms with Crippen LogP contribution in [0.5, 0.6) is 11.5 Å². The summed E-state index contributed by atoms with van der Waals surface area (Å²) >= 11 is 7.17. The number of alkyl halides is 9. The maximum atomic E-state index is 15.0. The standard InChI is InChI=1S/C28H19BrClF8N3O4/c1-3-41(24(43)15-9-7-14(13-39)8-10-15)19-6-4-5-17(22(19)44-2)23(42)40-21-18(29)11-16(12-20(21)45-25(31)32)26(33,27(30,34)35)28(36,37)38/h4-12,25H,3H2,1-2H3,(H,40,42). The van der Waals surface area contributed by atoms with Crippen molar-refractivity contribution < 1.29 is 54.2 Å². The molecule has 1 N–H and O–H groups in total. The van der Waals surface area contributed by atoms with Crippen molar-refractivity contribution in [3.63, 3.8) is 0 Å². The molecule has 1 atom stereocenters. The SMILES string of the molecule is CCN(C(=O)c1ccc(C#N)cc1)c1cccc(C(=O)Nc2c(Br)cc(C(F)(C(F)(F)F)C(F)(F)Cl)cc2OC(F)F)c1OC. The molecule has 45 heavy (non-hydrogen) atoms. The Morgan fingerprint density at radius 1 is 1.07 bits per heavy atom. The minimum Gasteiger partial charge on any atom is -0.494 e. The molecule has 0 saturated heterocycles. The zero-order valence-corrected chi connectivity index (χ0v) is 25.1. The lowest BCUT2D eigenvalue weighted by Crippen LogP contribution is -2.49. The van der Waals surface area contributed by atoms with Gasteiger partial charge in [-0.25, -0.2) is 4.39 Å². The fraction of sp³-hybridized carbons (Fsp3) is 0.250. The molecule has 17 heteroatoms. The minimum atomic E-state index is -6.32. The Labute approximate surface area is 263 Å². The van der Waals surface area contributed by atoms with Gasteiger partial charge >= 0.3 is 23.8 Å². The minimum absolute atomic E-state index is 0.0506. The van der Waals surface area contributed by atoms with Gasteiger partial charge in [-0.2, -0.15) is 36.0 Å². The molecule has 0 bridgehead atoms. The van der Waals surface area contributed by atoms with E-state index in [0.717, 1.165) is 7.11 Å². The summed E-state index contributed by atoms with van der Waals surface area (Å²) in [5.74, 6) is -3.23. The van der Waals surface area contributed by atoms with Crippen molar-refractivity contribution in [3.8, 4) is 17.6 Å². The number of carbonyl (C=O) groups excluding carboxylic acids is 2. The van der Waals surface area contributed by atoms with Crippen molar-refractivity contribution in [1.29, 1.82) is 5.26 Å². The van der Waals surface area contributed by atoms with Crippen LogP contribution in [0.15, 0.2) is 59.1 Å². The molecule has 1 unspecified atom stereocenters. The Kier molecular flexibility index (Phi) is 10.6. The van der Waals surface area contributed by atoms with E-state index in [-0.39, 0.29) is 41.2 Å². The number of carbonyl (C=O) groups is 2. The number of benzene rings is 3. The third kappa shape index (κ3) is 7.09. The number of ether oxygens (including phenoxy) is 2. The lowest BCUT2D eigenvalue weighted by atomic mass is 9.94. The molecule has 240 valence electrons. The van der Waals surface area contributed by atoms with Crippen LogP contribution in [-0.2, 0) is 5.67 Å². The van der Waals surface area contributed by atoms with Gasteiger partial charge in [-0.15, -0.1) is 0 Å². The highest BCUT2D eigenvalue weighted by Gasteiger charge is 2.72. The van der Waals surface area contributed by atoms with Crippen LogP contribution >= 0.6 is 27.5 Å². The number of rotatable bonds is 10. The highest BCUT2D eigenvalue weighted by molar-refractivity contribution is 9.10. The molecule has 0 aliphatic rings. The van der Waals surface area contributed by atoms with Gasteiger partial charge in [0.2, 0.25) is 0 Å². The van der Waals surface area contributed by atoms with Gasteiger partial charge in [-0.3, -0.25) is 9.59 Å². The summed E-state index contributed by atoms with van der Waals surface area (Å²) < 4.78 is 118. The summed E-state index contributed by atoms with van der Waals surface area (Å²) in [6.07, 6.45) is -6.32. The van der Waals surface area contributed by atoms with Crippen LogP contribution in [0.3, 0.4) is 0 Å². The quantitative estimate of drug-likeness (QED) is 0.167. The van der Waals surface area contributed by atoms with Crippen molar-refractivity contribution >= 4 is 50.7 Å². The third-order valence-electron chi connectivity index (χ3n) is 6.24. The van der Waals surface area contributed by atoms with Crippen LogP contribution < -0.4 is 19.7 Å². The predicted molar refractivity (Wildman–Crippen MR) is 150 cm³/mol. The number of methoxy groups -OCH3 is 1. The van der Waals surface area contributed by atoms with Crippen molar-refractivity contribution in [2.75, 3.05) is 23.9 Å². The molecule has 0 fully saturated rings. The second-order valence-corrected chi connectivity index (χ2v) is 10.2. The molecule has 3 aromatic rings. The van der Waals surface area contributed by atoms with E-state index in [2.05, 4.69) is 37.6 Å². The Morgan fingerprint density at radius 3 is 2.18 bits per heavy atom. The number of nitriles is 1. The van der Waals surface area contributed by atoms with E-state index < -0.39 is 57.1 Å². The Balaban J connectivity index is 2.10. The normalized spacial score (nSPS) is 13.1. The summed E-state index contributed by atoms with van der Waals surface area (Å²) in [5.41, 5.74) is -8.03. The number of anilines is 2. The van der Waals surface area contributed by atoms with Crippen molar-refractivity contribution in [1.82, 2.24) is 0 Å². The van der Waals surface area contributed by atoms with Crippen molar-refractivity contribution in [2.45, 2.75) is 30.8 Å². The lowest BCUT2D eigenvalue weighted by molar-refractivity contribution is -0.286. The van der Waals surface area contributed by atoms with Gasteiger partial charge in [-0.05, 0) is 83.0 Å². The molecule has 3 aromatic carbocycles. The first-order chi connectivity index (χ1) is 20.9. The van der Waals surface area contributed by atoms with Crippen LogP contribution in [-0.4, -0.2) is 43.6 Å². The molecule has 3 rings (SSSR count). The molecule has 7 nitrogen and oxygen atoms in total. The molecule has 0 saturated carbocycles. The van der Waals surface area contributed by atoms with Crippen LogP contribution in [0.1, 0.15) is 38.8 Å². The molecule has 0 heterocycles. The van der Waals surface area contributed by atoms with Crippen LogP contribution in [0.4, 0.5) is 46.5 Å². The van der Waals surface area contributed by atoms with E-state index in [1.165, 1.54) is 47.4 Å². The molecule has 0 aromatic heterocycles. The second kappa shape index (κ2) is 13.5. The van der Waals surface area contributed by atoms with Gasteiger partial charge < -0.3 is 19.7 Å². The summed E-state index contributed by atoms with van der Waals surface area (Å²) in [6.45, 7) is -2.10. The van der Waals surface area contributed by atoms with Gasteiger partial charge in [-0.1, -0.05) is 6.07 Å². The Bertz CT molecular complexity index is 1610. The highest BCUT2D eigenvalue weighted by Crippen LogP contribution is 2.56. The molecular formula is C28H19BrClF8N3O4. The van der Waals surface area contributed by atoms with E-state index in [1.54, 1.807) is 6.92 Å². The van der Waals surface area contributed by atoms with E-state index in [4.69, 9.17) is 10.00 Å². The zero-order valence-electron chi connectivity index (χ0n) is 22.8. The van der Waals surface area contributed by atoms with Gasteiger partial charge in [0.05, 0.1) is 35.7 Å². The number of para-hydroxylation sites is 1. The van der Waals surface area contributed by atoms with Crippen LogP contribution in [0.25, 0.3) is 0 Å². The second-order valence-electron chi connectivity index (χ2n) is 8.91.